The molecule has 1 atom stereocenters. The zero-order chi connectivity index (χ0) is 20.9. The fourth-order valence-electron chi connectivity index (χ4n) is 4.14. The van der Waals surface area contributed by atoms with Gasteiger partial charge in [-0.2, -0.15) is 0 Å². The van der Waals surface area contributed by atoms with Crippen molar-refractivity contribution in [2.45, 2.75) is 33.1 Å². The molecule has 1 unspecified atom stereocenters. The van der Waals surface area contributed by atoms with Crippen LogP contribution in [-0.2, 0) is 13.1 Å². The highest BCUT2D eigenvalue weighted by Gasteiger charge is 2.33. The molecule has 0 bridgehead atoms. The van der Waals surface area contributed by atoms with Crippen molar-refractivity contribution in [2.24, 2.45) is 0 Å². The van der Waals surface area contributed by atoms with E-state index in [0.717, 1.165) is 37.5 Å². The maximum atomic E-state index is 13.3. The van der Waals surface area contributed by atoms with E-state index in [-0.39, 0.29) is 12.0 Å². The van der Waals surface area contributed by atoms with E-state index >= 15 is 0 Å². The van der Waals surface area contributed by atoms with Crippen LogP contribution in [0.25, 0.3) is 0 Å². The topological polar surface area (TPSA) is 15.7 Å². The number of nitrogens with zero attached hydrogens (tertiary/aromatic N) is 2. The maximum absolute atomic E-state index is 13.3. The highest BCUT2D eigenvalue weighted by Crippen LogP contribution is 2.33. The molecule has 0 N–H and O–H groups in total. The molecule has 0 aromatic heterocycles. The highest BCUT2D eigenvalue weighted by molar-refractivity contribution is 5.29. The first kappa shape index (κ1) is 20.6. The summed E-state index contributed by atoms with van der Waals surface area (Å²) in [5, 5.41) is 0. The zero-order valence-corrected chi connectivity index (χ0v) is 17.7. The molecule has 3 aromatic rings. The molecule has 0 spiro atoms. The van der Waals surface area contributed by atoms with E-state index in [0.29, 0.717) is 6.61 Å². The van der Waals surface area contributed by atoms with Crippen LogP contribution in [0.5, 0.6) is 5.75 Å². The normalized spacial score (nSPS) is 17.4. The van der Waals surface area contributed by atoms with Gasteiger partial charge in [0.15, 0.2) is 0 Å². The Morgan fingerprint density at radius 3 is 1.87 bits per heavy atom. The average Bonchev–Trinajstić information content (AvgIpc) is 3.14. The van der Waals surface area contributed by atoms with Crippen LogP contribution in [0.3, 0.4) is 0 Å². The minimum atomic E-state index is -0.188. The second kappa shape index (κ2) is 9.41. The van der Waals surface area contributed by atoms with Crippen molar-refractivity contribution < 1.29 is 9.13 Å². The highest BCUT2D eigenvalue weighted by atomic mass is 19.1. The van der Waals surface area contributed by atoms with Gasteiger partial charge >= 0.3 is 0 Å². The van der Waals surface area contributed by atoms with Gasteiger partial charge in [-0.15, -0.1) is 0 Å². The van der Waals surface area contributed by atoms with Crippen LogP contribution < -0.4 is 4.74 Å². The number of halogens is 1. The van der Waals surface area contributed by atoms with Gasteiger partial charge in [0.25, 0.3) is 0 Å². The van der Waals surface area contributed by atoms with Crippen LogP contribution in [0.4, 0.5) is 4.39 Å². The summed E-state index contributed by atoms with van der Waals surface area (Å²) in [5.41, 5.74) is 4.97. The molecule has 3 aromatic carbocycles. The summed E-state index contributed by atoms with van der Waals surface area (Å²) in [7, 11) is 0. The predicted octanol–water partition coefficient (Wildman–Crippen LogP) is 5.55. The molecular weight excluding hydrogens is 375 g/mol. The Labute approximate surface area is 178 Å². The van der Waals surface area contributed by atoms with Crippen molar-refractivity contribution in [1.82, 2.24) is 9.80 Å². The van der Waals surface area contributed by atoms with Gasteiger partial charge in [-0.05, 0) is 54.8 Å². The van der Waals surface area contributed by atoms with E-state index in [1.165, 1.54) is 16.7 Å². The second-order valence-electron chi connectivity index (χ2n) is 7.93. The van der Waals surface area contributed by atoms with Gasteiger partial charge in [-0.25, -0.2) is 4.39 Å². The molecule has 1 saturated heterocycles. The van der Waals surface area contributed by atoms with Crippen molar-refractivity contribution in [3.8, 4) is 5.75 Å². The van der Waals surface area contributed by atoms with E-state index in [4.69, 9.17) is 4.74 Å². The monoisotopic (exact) mass is 404 g/mol. The predicted molar refractivity (Wildman–Crippen MR) is 119 cm³/mol. The summed E-state index contributed by atoms with van der Waals surface area (Å²) < 4.78 is 18.9. The lowest BCUT2D eigenvalue weighted by Gasteiger charge is -2.31. The van der Waals surface area contributed by atoms with Crippen molar-refractivity contribution in [3.05, 3.63) is 101 Å². The molecule has 0 radical (unpaired) electrons. The van der Waals surface area contributed by atoms with Gasteiger partial charge in [0.05, 0.1) is 12.8 Å². The van der Waals surface area contributed by atoms with E-state index < -0.39 is 0 Å². The summed E-state index contributed by atoms with van der Waals surface area (Å²) >= 11 is 0. The van der Waals surface area contributed by atoms with Crippen molar-refractivity contribution in [3.63, 3.8) is 0 Å². The smallest absolute Gasteiger partial charge is 0.123 e. The summed E-state index contributed by atoms with van der Waals surface area (Å²) in [6.45, 7) is 8.45. The first-order chi connectivity index (χ1) is 14.6. The lowest BCUT2D eigenvalue weighted by atomic mass is 10.1. The fraction of sp³-hybridized carbons (Fsp3) is 0.308. The van der Waals surface area contributed by atoms with Gasteiger partial charge < -0.3 is 4.74 Å². The standard InChI is InChI=1S/C26H29FN2O/c1-3-30-25-14-8-22(9-15-25)19-29-17-16-28(18-21-6-12-24(27)13-7-21)26(29)23-10-4-20(2)5-11-23/h4-15,26H,3,16-19H2,1-2H3. The van der Waals surface area contributed by atoms with E-state index in [1.54, 1.807) is 12.1 Å². The molecule has 4 heteroatoms. The number of ether oxygens (including phenoxy) is 1. The van der Waals surface area contributed by atoms with Gasteiger partial charge in [0, 0.05) is 26.2 Å². The minimum absolute atomic E-state index is 0.188. The zero-order valence-electron chi connectivity index (χ0n) is 17.7. The number of aryl methyl sites for hydroxylation is 1. The SMILES string of the molecule is CCOc1ccc(CN2CCN(Cc3ccc(F)cc3)C2c2ccc(C)cc2)cc1. The Kier molecular flexibility index (Phi) is 6.46. The van der Waals surface area contributed by atoms with Gasteiger partial charge in [0.1, 0.15) is 11.6 Å². The second-order valence-corrected chi connectivity index (χ2v) is 7.93. The summed E-state index contributed by atoms with van der Waals surface area (Å²) in [6.07, 6.45) is 0.197. The molecule has 0 saturated carbocycles. The van der Waals surface area contributed by atoms with Crippen molar-refractivity contribution in [1.29, 1.82) is 0 Å². The first-order valence-electron chi connectivity index (χ1n) is 10.6. The van der Waals surface area contributed by atoms with Gasteiger partial charge in [-0.3, -0.25) is 9.80 Å². The molecule has 1 aliphatic rings. The number of benzene rings is 3. The van der Waals surface area contributed by atoms with Gasteiger partial charge in [0.2, 0.25) is 0 Å². The lowest BCUT2D eigenvalue weighted by Crippen LogP contribution is -2.30. The molecular formula is C26H29FN2O. The quantitative estimate of drug-likeness (QED) is 0.513. The first-order valence-corrected chi connectivity index (χ1v) is 10.6. The van der Waals surface area contributed by atoms with Crippen LogP contribution in [0.15, 0.2) is 72.8 Å². The van der Waals surface area contributed by atoms with Crippen molar-refractivity contribution >= 4 is 0 Å². The molecule has 0 aliphatic carbocycles. The van der Waals surface area contributed by atoms with E-state index in [2.05, 4.69) is 53.1 Å². The Balaban J connectivity index is 1.55. The van der Waals surface area contributed by atoms with Crippen LogP contribution in [0, 0.1) is 12.7 Å². The molecule has 0 amide bonds. The third kappa shape index (κ3) is 4.89. The molecule has 30 heavy (non-hydrogen) atoms. The minimum Gasteiger partial charge on any atom is -0.494 e. The average molecular weight is 405 g/mol. The summed E-state index contributed by atoms with van der Waals surface area (Å²) in [6, 6.07) is 24.1. The molecule has 1 heterocycles. The largest absolute Gasteiger partial charge is 0.494 e. The Hall–Kier alpha value is -2.69. The van der Waals surface area contributed by atoms with E-state index in [1.807, 2.05) is 31.2 Å². The van der Waals surface area contributed by atoms with Crippen molar-refractivity contribution in [2.75, 3.05) is 19.7 Å². The maximum Gasteiger partial charge on any atom is 0.123 e. The lowest BCUT2D eigenvalue weighted by molar-refractivity contribution is 0.126. The van der Waals surface area contributed by atoms with Crippen LogP contribution in [-0.4, -0.2) is 29.5 Å². The molecule has 156 valence electrons. The molecule has 1 fully saturated rings. The fourth-order valence-corrected chi connectivity index (χ4v) is 4.14. The molecule has 3 nitrogen and oxygen atoms in total. The van der Waals surface area contributed by atoms with Crippen LogP contribution in [0.1, 0.15) is 35.3 Å². The van der Waals surface area contributed by atoms with E-state index in [9.17, 15) is 4.39 Å². The summed E-state index contributed by atoms with van der Waals surface area (Å²) in [5.74, 6) is 0.725. The number of rotatable bonds is 7. The van der Waals surface area contributed by atoms with Gasteiger partial charge in [-0.1, -0.05) is 54.1 Å². The molecule has 4 rings (SSSR count). The number of hydrogen-bond acceptors (Lipinski definition) is 3. The Bertz CT molecular complexity index is 938. The third-order valence-corrected chi connectivity index (χ3v) is 5.66. The van der Waals surface area contributed by atoms with Crippen LogP contribution in [0.2, 0.25) is 0 Å². The Morgan fingerprint density at radius 2 is 1.33 bits per heavy atom. The molecule has 1 aliphatic heterocycles. The van der Waals surface area contributed by atoms with Crippen LogP contribution >= 0.6 is 0 Å². The third-order valence-electron chi connectivity index (χ3n) is 5.66. The summed E-state index contributed by atoms with van der Waals surface area (Å²) in [4.78, 5) is 5.00. The number of hydrogen-bond donors (Lipinski definition) is 0. The Morgan fingerprint density at radius 1 is 0.800 bits per heavy atom.